The highest BCUT2D eigenvalue weighted by Crippen LogP contribution is 2.04. The highest BCUT2D eigenvalue weighted by molar-refractivity contribution is 5.05. The van der Waals surface area contributed by atoms with Gasteiger partial charge in [0, 0.05) is 38.4 Å². The minimum atomic E-state index is -0.338. The first-order valence-corrected chi connectivity index (χ1v) is 6.46. The van der Waals surface area contributed by atoms with Crippen LogP contribution >= 0.6 is 0 Å². The smallest absolute Gasteiger partial charge is 0.330 e. The zero-order valence-electron chi connectivity index (χ0n) is 12.0. The molecule has 1 unspecified atom stereocenters. The Bertz CT molecular complexity index is 531. The van der Waals surface area contributed by atoms with Crippen LogP contribution in [0, 0.1) is 5.92 Å². The lowest BCUT2D eigenvalue weighted by atomic mass is 10.0. The van der Waals surface area contributed by atoms with Crippen molar-refractivity contribution in [1.29, 1.82) is 0 Å². The van der Waals surface area contributed by atoms with Gasteiger partial charge in [0.05, 0.1) is 6.61 Å². The van der Waals surface area contributed by atoms with Crippen LogP contribution in [0.1, 0.15) is 25.8 Å². The summed E-state index contributed by atoms with van der Waals surface area (Å²) in [6.45, 7) is 4.54. The van der Waals surface area contributed by atoms with Gasteiger partial charge in [0.25, 0.3) is 5.56 Å². The predicted octanol–water partition coefficient (Wildman–Crippen LogP) is -0.419. The Morgan fingerprint density at radius 3 is 2.47 bits per heavy atom. The fourth-order valence-electron chi connectivity index (χ4n) is 2.05. The number of aliphatic hydroxyl groups is 1. The molecule has 0 aromatic carbocycles. The van der Waals surface area contributed by atoms with Gasteiger partial charge in [-0.25, -0.2) is 4.79 Å². The van der Waals surface area contributed by atoms with Crippen molar-refractivity contribution in [3.05, 3.63) is 32.6 Å². The first-order valence-electron chi connectivity index (χ1n) is 6.46. The molecule has 0 saturated heterocycles. The SMILES string of the molecule is CC(C)CC(CO)NCc1cn(C)c(=O)n(C)c1=O. The van der Waals surface area contributed by atoms with E-state index in [0.717, 1.165) is 11.0 Å². The number of aromatic nitrogens is 2. The van der Waals surface area contributed by atoms with Gasteiger partial charge in [0.15, 0.2) is 0 Å². The quantitative estimate of drug-likeness (QED) is 0.735. The van der Waals surface area contributed by atoms with Gasteiger partial charge in [0.1, 0.15) is 0 Å². The van der Waals surface area contributed by atoms with Crippen LogP contribution < -0.4 is 16.6 Å². The van der Waals surface area contributed by atoms with Crippen molar-refractivity contribution < 1.29 is 5.11 Å². The van der Waals surface area contributed by atoms with Gasteiger partial charge in [-0.3, -0.25) is 9.36 Å². The number of nitrogens with zero attached hydrogens (tertiary/aromatic N) is 2. The molecule has 0 aliphatic rings. The van der Waals surface area contributed by atoms with Crippen LogP contribution in [0.4, 0.5) is 0 Å². The van der Waals surface area contributed by atoms with E-state index in [1.807, 2.05) is 0 Å². The second kappa shape index (κ2) is 6.68. The maximum absolute atomic E-state index is 11.9. The second-order valence-corrected chi connectivity index (χ2v) is 5.30. The second-order valence-electron chi connectivity index (χ2n) is 5.30. The lowest BCUT2D eigenvalue weighted by Crippen LogP contribution is -2.41. The topological polar surface area (TPSA) is 76.3 Å². The van der Waals surface area contributed by atoms with E-state index in [-0.39, 0.29) is 23.9 Å². The molecule has 6 heteroatoms. The van der Waals surface area contributed by atoms with Crippen molar-refractivity contribution in [3.63, 3.8) is 0 Å². The molecule has 0 bridgehead atoms. The van der Waals surface area contributed by atoms with Crippen LogP contribution in [0.15, 0.2) is 15.8 Å². The number of aliphatic hydroxyl groups excluding tert-OH is 1. The molecule has 0 fully saturated rings. The lowest BCUT2D eigenvalue weighted by Gasteiger charge is -2.18. The summed E-state index contributed by atoms with van der Waals surface area (Å²) in [7, 11) is 3.08. The first-order chi connectivity index (χ1) is 8.86. The standard InChI is InChI=1S/C13H23N3O3/c1-9(2)5-11(8-17)14-6-10-7-15(3)13(19)16(4)12(10)18/h7,9,11,14,17H,5-6,8H2,1-4H3. The van der Waals surface area contributed by atoms with Gasteiger partial charge >= 0.3 is 5.69 Å². The average molecular weight is 269 g/mol. The number of aryl methyl sites for hydroxylation is 1. The number of rotatable bonds is 6. The third-order valence-electron chi connectivity index (χ3n) is 3.07. The van der Waals surface area contributed by atoms with Gasteiger partial charge in [-0.2, -0.15) is 0 Å². The molecule has 1 rings (SSSR count). The molecule has 1 aromatic heterocycles. The van der Waals surface area contributed by atoms with Crippen LogP contribution in [0.3, 0.4) is 0 Å². The molecule has 0 saturated carbocycles. The molecular weight excluding hydrogens is 246 g/mol. The third kappa shape index (κ3) is 4.04. The van der Waals surface area contributed by atoms with Gasteiger partial charge in [0.2, 0.25) is 0 Å². The van der Waals surface area contributed by atoms with Crippen molar-refractivity contribution in [3.8, 4) is 0 Å². The molecule has 1 atom stereocenters. The summed E-state index contributed by atoms with van der Waals surface area (Å²) in [4.78, 5) is 23.5. The highest BCUT2D eigenvalue weighted by atomic mass is 16.3. The minimum Gasteiger partial charge on any atom is -0.395 e. The normalized spacial score (nSPS) is 12.9. The van der Waals surface area contributed by atoms with E-state index in [9.17, 15) is 14.7 Å². The van der Waals surface area contributed by atoms with Gasteiger partial charge in [-0.15, -0.1) is 0 Å². The molecule has 2 N–H and O–H groups in total. The van der Waals surface area contributed by atoms with Crippen molar-refractivity contribution in [2.45, 2.75) is 32.9 Å². The Morgan fingerprint density at radius 1 is 1.32 bits per heavy atom. The highest BCUT2D eigenvalue weighted by Gasteiger charge is 2.11. The zero-order valence-corrected chi connectivity index (χ0v) is 12.0. The predicted molar refractivity (Wildman–Crippen MR) is 74.1 cm³/mol. The fraction of sp³-hybridized carbons (Fsp3) is 0.692. The van der Waals surface area contributed by atoms with E-state index in [0.29, 0.717) is 18.0 Å². The van der Waals surface area contributed by atoms with E-state index in [2.05, 4.69) is 19.2 Å². The van der Waals surface area contributed by atoms with Crippen molar-refractivity contribution in [2.24, 2.45) is 20.0 Å². The summed E-state index contributed by atoms with van der Waals surface area (Å²) in [6, 6.07) is -0.0399. The van der Waals surface area contributed by atoms with Gasteiger partial charge in [-0.1, -0.05) is 13.8 Å². The molecule has 6 nitrogen and oxygen atoms in total. The van der Waals surface area contributed by atoms with Crippen molar-refractivity contribution in [1.82, 2.24) is 14.5 Å². The maximum atomic E-state index is 11.9. The third-order valence-corrected chi connectivity index (χ3v) is 3.07. The molecule has 0 spiro atoms. The zero-order chi connectivity index (χ0) is 14.6. The summed E-state index contributed by atoms with van der Waals surface area (Å²) in [5.41, 5.74) is -0.113. The molecular formula is C13H23N3O3. The molecule has 19 heavy (non-hydrogen) atoms. The number of hydrogen-bond donors (Lipinski definition) is 2. The molecule has 0 aliphatic heterocycles. The Morgan fingerprint density at radius 2 is 1.95 bits per heavy atom. The molecule has 0 radical (unpaired) electrons. The van der Waals surface area contributed by atoms with E-state index < -0.39 is 0 Å². The van der Waals surface area contributed by atoms with E-state index in [4.69, 9.17) is 0 Å². The summed E-state index contributed by atoms with van der Waals surface area (Å²) < 4.78 is 2.47. The number of hydrogen-bond acceptors (Lipinski definition) is 4. The molecule has 1 aromatic rings. The van der Waals surface area contributed by atoms with Crippen LogP contribution in [0.2, 0.25) is 0 Å². The summed E-state index contributed by atoms with van der Waals surface area (Å²) >= 11 is 0. The summed E-state index contributed by atoms with van der Waals surface area (Å²) in [5, 5.41) is 12.4. The minimum absolute atomic E-state index is 0.0320. The van der Waals surface area contributed by atoms with E-state index >= 15 is 0 Å². The fourth-order valence-corrected chi connectivity index (χ4v) is 2.05. The van der Waals surface area contributed by atoms with Crippen LogP contribution in [0.25, 0.3) is 0 Å². The van der Waals surface area contributed by atoms with Gasteiger partial charge < -0.3 is 15.0 Å². The maximum Gasteiger partial charge on any atom is 0.330 e. The van der Waals surface area contributed by atoms with Crippen molar-refractivity contribution >= 4 is 0 Å². The van der Waals surface area contributed by atoms with Crippen LogP contribution in [-0.2, 0) is 20.6 Å². The van der Waals surface area contributed by atoms with Crippen LogP contribution in [0.5, 0.6) is 0 Å². The molecule has 108 valence electrons. The van der Waals surface area contributed by atoms with Gasteiger partial charge in [-0.05, 0) is 12.3 Å². The Balaban J connectivity index is 2.84. The summed E-state index contributed by atoms with van der Waals surface area (Å²) in [6.07, 6.45) is 2.38. The Kier molecular flexibility index (Phi) is 5.50. The molecule has 0 aliphatic carbocycles. The van der Waals surface area contributed by atoms with Crippen molar-refractivity contribution in [2.75, 3.05) is 6.61 Å². The van der Waals surface area contributed by atoms with E-state index in [1.165, 1.54) is 11.6 Å². The van der Waals surface area contributed by atoms with Crippen LogP contribution in [-0.4, -0.2) is 26.9 Å². The summed E-state index contributed by atoms with van der Waals surface area (Å²) in [5.74, 6) is 0.465. The Hall–Kier alpha value is -1.40. The molecule has 1 heterocycles. The lowest BCUT2D eigenvalue weighted by molar-refractivity contribution is 0.223. The Labute approximate surface area is 112 Å². The molecule has 0 amide bonds. The van der Waals surface area contributed by atoms with E-state index in [1.54, 1.807) is 13.2 Å². The average Bonchev–Trinajstić information content (AvgIpc) is 2.36. The monoisotopic (exact) mass is 269 g/mol. The largest absolute Gasteiger partial charge is 0.395 e. The number of nitrogens with one attached hydrogen (secondary N) is 1. The first kappa shape index (κ1) is 15.7.